The molecule has 0 aliphatic heterocycles. The van der Waals surface area contributed by atoms with Crippen LogP contribution in [0.3, 0.4) is 0 Å². The number of aliphatic imine (C=N–C) groups is 1. The molecule has 3 heteroatoms. The number of benzene rings is 2. The van der Waals surface area contributed by atoms with Gasteiger partial charge in [-0.2, -0.15) is 0 Å². The Bertz CT molecular complexity index is 746. The van der Waals surface area contributed by atoms with Crippen molar-refractivity contribution in [2.24, 2.45) is 4.99 Å². The quantitative estimate of drug-likeness (QED) is 0.167. The van der Waals surface area contributed by atoms with Gasteiger partial charge in [-0.05, 0) is 49.6 Å². The third-order valence-corrected chi connectivity index (χ3v) is 5.86. The summed E-state index contributed by atoms with van der Waals surface area (Å²) in [6.45, 7) is 8.08. The number of rotatable bonds is 18. The molecule has 0 N–H and O–H groups in total. The van der Waals surface area contributed by atoms with Crippen LogP contribution < -0.4 is 9.47 Å². The maximum absolute atomic E-state index is 6.25. The molecule has 0 heterocycles. The first-order valence-electron chi connectivity index (χ1n) is 13.2. The largest absolute Gasteiger partial charge is 0.493 e. The minimum atomic E-state index is 0.735. The van der Waals surface area contributed by atoms with Crippen LogP contribution in [0.4, 0.5) is 5.69 Å². The van der Waals surface area contributed by atoms with Crippen molar-refractivity contribution in [1.29, 1.82) is 0 Å². The molecule has 0 saturated heterocycles. The monoisotopic (exact) mass is 451 g/mol. The first kappa shape index (κ1) is 27.0. The van der Waals surface area contributed by atoms with Crippen molar-refractivity contribution in [3.05, 3.63) is 53.6 Å². The minimum absolute atomic E-state index is 0.735. The molecule has 0 saturated carbocycles. The van der Waals surface area contributed by atoms with Gasteiger partial charge in [0.25, 0.3) is 0 Å². The van der Waals surface area contributed by atoms with Crippen molar-refractivity contribution in [3.63, 3.8) is 0 Å². The number of para-hydroxylation sites is 1. The summed E-state index contributed by atoms with van der Waals surface area (Å²) in [7, 11) is 0. The Hall–Kier alpha value is -2.29. The lowest BCUT2D eigenvalue weighted by atomic mass is 10.1. The molecule has 0 spiro atoms. The minimum Gasteiger partial charge on any atom is -0.493 e. The van der Waals surface area contributed by atoms with Crippen LogP contribution in [0, 0.1) is 6.92 Å². The summed E-state index contributed by atoms with van der Waals surface area (Å²) < 4.78 is 12.5. The third-order valence-electron chi connectivity index (χ3n) is 5.86. The van der Waals surface area contributed by atoms with Gasteiger partial charge in [-0.25, -0.2) is 0 Å². The highest BCUT2D eigenvalue weighted by Crippen LogP contribution is 2.30. The fourth-order valence-corrected chi connectivity index (χ4v) is 3.88. The van der Waals surface area contributed by atoms with Crippen LogP contribution in [-0.4, -0.2) is 19.4 Å². The van der Waals surface area contributed by atoms with E-state index in [-0.39, 0.29) is 0 Å². The van der Waals surface area contributed by atoms with E-state index in [1.165, 1.54) is 64.2 Å². The highest BCUT2D eigenvalue weighted by molar-refractivity contribution is 5.89. The first-order chi connectivity index (χ1) is 16.2. The molecule has 0 aliphatic rings. The highest BCUT2D eigenvalue weighted by atomic mass is 16.5. The SMILES string of the molecule is CCCCCCCCOc1cc(C)cc(OCCCCCCCC)c1C=Nc1ccccc1. The molecule has 0 radical (unpaired) electrons. The molecular formula is C30H45NO2. The van der Waals surface area contributed by atoms with Gasteiger partial charge in [0.1, 0.15) is 11.5 Å². The molecule has 0 atom stereocenters. The maximum Gasteiger partial charge on any atom is 0.132 e. The predicted octanol–water partition coefficient (Wildman–Crippen LogP) is 9.22. The van der Waals surface area contributed by atoms with Crippen molar-refractivity contribution >= 4 is 11.9 Å². The zero-order chi connectivity index (χ0) is 23.6. The lowest BCUT2D eigenvalue weighted by molar-refractivity contribution is 0.288. The summed E-state index contributed by atoms with van der Waals surface area (Å²) in [5.41, 5.74) is 3.03. The van der Waals surface area contributed by atoms with Crippen LogP contribution in [0.25, 0.3) is 0 Å². The fourth-order valence-electron chi connectivity index (χ4n) is 3.88. The topological polar surface area (TPSA) is 30.8 Å². The standard InChI is InChI=1S/C30H45NO2/c1-4-6-8-10-12-17-21-32-29-23-26(3)24-30(33-22-18-13-11-9-7-5-2)28(29)25-31-27-19-15-14-16-20-27/h14-16,19-20,23-25H,4-13,17-18,21-22H2,1-3H3. The van der Waals surface area contributed by atoms with Gasteiger partial charge in [-0.3, -0.25) is 4.99 Å². The van der Waals surface area contributed by atoms with Crippen LogP contribution in [0.2, 0.25) is 0 Å². The molecule has 3 nitrogen and oxygen atoms in total. The van der Waals surface area contributed by atoms with Gasteiger partial charge in [0.2, 0.25) is 0 Å². The molecule has 0 amide bonds. The van der Waals surface area contributed by atoms with Crippen molar-refractivity contribution in [1.82, 2.24) is 0 Å². The molecule has 0 fully saturated rings. The van der Waals surface area contributed by atoms with Crippen LogP contribution in [0.5, 0.6) is 11.5 Å². The lowest BCUT2D eigenvalue weighted by Gasteiger charge is -2.15. The highest BCUT2D eigenvalue weighted by Gasteiger charge is 2.12. The number of hydrogen-bond donors (Lipinski definition) is 0. The Balaban J connectivity index is 2.03. The number of nitrogens with zero attached hydrogens (tertiary/aromatic N) is 1. The molecule has 0 aliphatic carbocycles. The van der Waals surface area contributed by atoms with Crippen LogP contribution in [0.1, 0.15) is 102 Å². The Morgan fingerprint density at radius 1 is 0.667 bits per heavy atom. The molecule has 33 heavy (non-hydrogen) atoms. The maximum atomic E-state index is 6.25. The molecule has 0 unspecified atom stereocenters. The summed E-state index contributed by atoms with van der Waals surface area (Å²) in [6.07, 6.45) is 17.0. The van der Waals surface area contributed by atoms with Gasteiger partial charge < -0.3 is 9.47 Å². The van der Waals surface area contributed by atoms with E-state index in [1.807, 2.05) is 36.5 Å². The van der Waals surface area contributed by atoms with E-state index in [2.05, 4.69) is 32.9 Å². The number of hydrogen-bond acceptors (Lipinski definition) is 3. The van der Waals surface area contributed by atoms with Crippen molar-refractivity contribution in [3.8, 4) is 11.5 Å². The number of ether oxygens (including phenoxy) is 2. The van der Waals surface area contributed by atoms with Crippen LogP contribution >= 0.6 is 0 Å². The first-order valence-corrected chi connectivity index (χ1v) is 13.2. The van der Waals surface area contributed by atoms with Crippen molar-refractivity contribution < 1.29 is 9.47 Å². The van der Waals surface area contributed by atoms with Gasteiger partial charge in [-0.15, -0.1) is 0 Å². The van der Waals surface area contributed by atoms with Crippen LogP contribution in [-0.2, 0) is 0 Å². The zero-order valence-corrected chi connectivity index (χ0v) is 21.3. The molecular weight excluding hydrogens is 406 g/mol. The van der Waals surface area contributed by atoms with E-state index in [9.17, 15) is 0 Å². The fraction of sp³-hybridized carbons (Fsp3) is 0.567. The van der Waals surface area contributed by atoms with Gasteiger partial charge in [0.15, 0.2) is 0 Å². The second-order valence-corrected chi connectivity index (χ2v) is 9.00. The average Bonchev–Trinajstić information content (AvgIpc) is 2.83. The Morgan fingerprint density at radius 2 is 1.15 bits per heavy atom. The van der Waals surface area contributed by atoms with Crippen molar-refractivity contribution in [2.75, 3.05) is 13.2 Å². The van der Waals surface area contributed by atoms with E-state index in [1.54, 1.807) is 0 Å². The summed E-state index contributed by atoms with van der Waals surface area (Å²) in [5, 5.41) is 0. The number of unbranched alkanes of at least 4 members (excludes halogenated alkanes) is 10. The van der Waals surface area contributed by atoms with Gasteiger partial charge in [-0.1, -0.05) is 96.3 Å². The second-order valence-electron chi connectivity index (χ2n) is 9.00. The second kappa shape index (κ2) is 17.2. The van der Waals surface area contributed by atoms with Gasteiger partial charge in [0.05, 0.1) is 24.5 Å². The number of aryl methyl sites for hydroxylation is 1. The molecule has 0 bridgehead atoms. The van der Waals surface area contributed by atoms with E-state index in [0.717, 1.165) is 54.4 Å². The predicted molar refractivity (Wildman–Crippen MR) is 143 cm³/mol. The Labute approximate surface area is 202 Å². The van der Waals surface area contributed by atoms with Crippen LogP contribution in [0.15, 0.2) is 47.5 Å². The molecule has 182 valence electrons. The average molecular weight is 452 g/mol. The van der Waals surface area contributed by atoms with Gasteiger partial charge in [0, 0.05) is 6.21 Å². The van der Waals surface area contributed by atoms with E-state index < -0.39 is 0 Å². The Morgan fingerprint density at radius 3 is 1.67 bits per heavy atom. The zero-order valence-electron chi connectivity index (χ0n) is 21.3. The summed E-state index contributed by atoms with van der Waals surface area (Å²) in [6, 6.07) is 14.3. The smallest absolute Gasteiger partial charge is 0.132 e. The van der Waals surface area contributed by atoms with E-state index >= 15 is 0 Å². The summed E-state index contributed by atoms with van der Waals surface area (Å²) >= 11 is 0. The molecule has 2 rings (SSSR count). The van der Waals surface area contributed by atoms with Gasteiger partial charge >= 0.3 is 0 Å². The normalized spacial score (nSPS) is 11.2. The summed E-state index contributed by atoms with van der Waals surface area (Å²) in [5.74, 6) is 1.75. The lowest BCUT2D eigenvalue weighted by Crippen LogP contribution is -2.05. The van der Waals surface area contributed by atoms with E-state index in [4.69, 9.17) is 14.5 Å². The third kappa shape index (κ3) is 11.4. The summed E-state index contributed by atoms with van der Waals surface area (Å²) in [4.78, 5) is 4.70. The molecule has 2 aromatic rings. The molecule has 0 aromatic heterocycles. The molecule has 2 aromatic carbocycles. The Kier molecular flexibility index (Phi) is 14.1. The van der Waals surface area contributed by atoms with E-state index in [0.29, 0.717) is 0 Å². The van der Waals surface area contributed by atoms with Crippen molar-refractivity contribution in [2.45, 2.75) is 97.8 Å².